The number of amides is 1. The molecule has 0 aromatic carbocycles. The molecular formula is C16H24N2O2. The number of aryl methyl sites for hydroxylation is 1. The first-order chi connectivity index (χ1) is 9.47. The van der Waals surface area contributed by atoms with E-state index in [4.69, 9.17) is 4.52 Å². The van der Waals surface area contributed by atoms with Crippen LogP contribution >= 0.6 is 0 Å². The van der Waals surface area contributed by atoms with Gasteiger partial charge in [0.1, 0.15) is 5.76 Å². The maximum atomic E-state index is 12.5. The molecule has 1 saturated heterocycles. The van der Waals surface area contributed by atoms with Gasteiger partial charge in [-0.3, -0.25) is 4.79 Å². The minimum atomic E-state index is 0.0714. The summed E-state index contributed by atoms with van der Waals surface area (Å²) in [6, 6.07) is 0. The second-order valence-electron chi connectivity index (χ2n) is 7.24. The van der Waals surface area contributed by atoms with E-state index in [1.807, 2.05) is 4.90 Å². The Hall–Kier alpha value is -1.32. The predicted octanol–water partition coefficient (Wildman–Crippen LogP) is 3.06. The highest BCUT2D eigenvalue weighted by molar-refractivity contribution is 5.94. The van der Waals surface area contributed by atoms with Gasteiger partial charge in [-0.2, -0.15) is 0 Å². The molecule has 110 valence electrons. The molecule has 4 nitrogen and oxygen atoms in total. The van der Waals surface area contributed by atoms with Gasteiger partial charge in [0.15, 0.2) is 5.69 Å². The molecule has 1 atom stereocenters. The van der Waals surface area contributed by atoms with Crippen molar-refractivity contribution in [3.63, 3.8) is 0 Å². The molecule has 1 amide bonds. The summed E-state index contributed by atoms with van der Waals surface area (Å²) in [5.41, 5.74) is 1.92. The second-order valence-corrected chi connectivity index (χ2v) is 7.24. The zero-order chi connectivity index (χ0) is 14.3. The number of nitrogens with zero attached hydrogens (tertiary/aromatic N) is 2. The topological polar surface area (TPSA) is 46.3 Å². The van der Waals surface area contributed by atoms with Gasteiger partial charge < -0.3 is 9.42 Å². The third-order valence-electron chi connectivity index (χ3n) is 4.86. The molecule has 0 spiro atoms. The second kappa shape index (κ2) is 4.90. The van der Waals surface area contributed by atoms with Crippen molar-refractivity contribution >= 4 is 5.91 Å². The Labute approximate surface area is 120 Å². The average molecular weight is 276 g/mol. The SMILES string of the molecule is CC(C)(C)[C@H]1CCc2onc(C(=O)N3CCCC3)c2C1. The summed E-state index contributed by atoms with van der Waals surface area (Å²) < 4.78 is 5.43. The van der Waals surface area contributed by atoms with Gasteiger partial charge in [0.25, 0.3) is 5.91 Å². The van der Waals surface area contributed by atoms with Crippen molar-refractivity contribution in [3.05, 3.63) is 17.0 Å². The summed E-state index contributed by atoms with van der Waals surface area (Å²) in [7, 11) is 0. The fourth-order valence-electron chi connectivity index (χ4n) is 3.38. The Bertz CT molecular complexity index is 507. The Kier molecular flexibility index (Phi) is 3.35. The van der Waals surface area contributed by atoms with Gasteiger partial charge in [-0.15, -0.1) is 0 Å². The standard InChI is InChI=1S/C16H24N2O2/c1-16(2,3)11-6-7-13-12(10-11)14(17-20-13)15(19)18-8-4-5-9-18/h11H,4-10H2,1-3H3/t11-/m0/s1. The molecule has 0 saturated carbocycles. The van der Waals surface area contributed by atoms with Crippen molar-refractivity contribution in [2.45, 2.75) is 52.9 Å². The van der Waals surface area contributed by atoms with Gasteiger partial charge >= 0.3 is 0 Å². The molecule has 20 heavy (non-hydrogen) atoms. The number of fused-ring (bicyclic) bond motifs is 1. The molecular weight excluding hydrogens is 252 g/mol. The summed E-state index contributed by atoms with van der Waals surface area (Å²) in [4.78, 5) is 14.5. The molecule has 1 aromatic rings. The largest absolute Gasteiger partial charge is 0.360 e. The van der Waals surface area contributed by atoms with Crippen LogP contribution in [0.5, 0.6) is 0 Å². The van der Waals surface area contributed by atoms with E-state index in [0.717, 1.165) is 56.5 Å². The normalized spacial score (nSPS) is 22.9. The summed E-state index contributed by atoms with van der Waals surface area (Å²) in [6.45, 7) is 8.56. The highest BCUT2D eigenvalue weighted by Crippen LogP contribution is 2.38. The molecule has 1 aromatic heterocycles. The van der Waals surface area contributed by atoms with Gasteiger partial charge in [-0.05, 0) is 37.0 Å². The van der Waals surface area contributed by atoms with Crippen LogP contribution in [0.3, 0.4) is 0 Å². The monoisotopic (exact) mass is 276 g/mol. The lowest BCUT2D eigenvalue weighted by Crippen LogP contribution is -2.31. The number of carbonyl (C=O) groups excluding carboxylic acids is 1. The molecule has 0 unspecified atom stereocenters. The van der Waals surface area contributed by atoms with Gasteiger partial charge in [0.2, 0.25) is 0 Å². The van der Waals surface area contributed by atoms with E-state index in [0.29, 0.717) is 11.6 Å². The number of likely N-dealkylation sites (tertiary alicyclic amines) is 1. The summed E-state index contributed by atoms with van der Waals surface area (Å²) in [5, 5.41) is 4.09. The fourth-order valence-corrected chi connectivity index (χ4v) is 3.38. The Morgan fingerprint density at radius 2 is 2.00 bits per heavy atom. The highest BCUT2D eigenvalue weighted by Gasteiger charge is 2.35. The molecule has 0 bridgehead atoms. The van der Waals surface area contributed by atoms with Crippen LogP contribution in [0.1, 0.15) is 61.8 Å². The quantitative estimate of drug-likeness (QED) is 0.792. The summed E-state index contributed by atoms with van der Waals surface area (Å²) >= 11 is 0. The van der Waals surface area contributed by atoms with Crippen LogP contribution < -0.4 is 0 Å². The first-order valence-corrected chi connectivity index (χ1v) is 7.73. The number of carbonyl (C=O) groups is 1. The lowest BCUT2D eigenvalue weighted by Gasteiger charge is -2.33. The molecule has 3 rings (SSSR count). The number of hydrogen-bond donors (Lipinski definition) is 0. The zero-order valence-corrected chi connectivity index (χ0v) is 12.7. The van der Waals surface area contributed by atoms with Crippen LogP contribution in [0.4, 0.5) is 0 Å². The van der Waals surface area contributed by atoms with E-state index in [9.17, 15) is 4.79 Å². The molecule has 1 aliphatic carbocycles. The number of rotatable bonds is 1. The van der Waals surface area contributed by atoms with E-state index >= 15 is 0 Å². The van der Waals surface area contributed by atoms with Gasteiger partial charge in [0, 0.05) is 25.1 Å². The molecule has 2 aliphatic rings. The molecule has 4 heteroatoms. The van der Waals surface area contributed by atoms with Crippen LogP contribution in [0, 0.1) is 11.3 Å². The molecule has 0 radical (unpaired) electrons. The Morgan fingerprint density at radius 1 is 1.30 bits per heavy atom. The van der Waals surface area contributed by atoms with Crippen molar-refractivity contribution < 1.29 is 9.32 Å². The van der Waals surface area contributed by atoms with Crippen molar-refractivity contribution in [1.82, 2.24) is 10.1 Å². The minimum Gasteiger partial charge on any atom is -0.360 e. The van der Waals surface area contributed by atoms with E-state index in [1.54, 1.807) is 0 Å². The molecule has 1 fully saturated rings. The van der Waals surface area contributed by atoms with E-state index < -0.39 is 0 Å². The molecule has 2 heterocycles. The molecule has 1 aliphatic heterocycles. The molecule has 0 N–H and O–H groups in total. The predicted molar refractivity (Wildman–Crippen MR) is 76.6 cm³/mol. The zero-order valence-electron chi connectivity index (χ0n) is 12.7. The number of hydrogen-bond acceptors (Lipinski definition) is 3. The fraction of sp³-hybridized carbons (Fsp3) is 0.750. The van der Waals surface area contributed by atoms with Crippen molar-refractivity contribution in [2.24, 2.45) is 11.3 Å². The third-order valence-corrected chi connectivity index (χ3v) is 4.86. The Morgan fingerprint density at radius 3 is 2.65 bits per heavy atom. The van der Waals surface area contributed by atoms with Crippen molar-refractivity contribution in [2.75, 3.05) is 13.1 Å². The number of aromatic nitrogens is 1. The van der Waals surface area contributed by atoms with E-state index in [-0.39, 0.29) is 11.3 Å². The maximum absolute atomic E-state index is 12.5. The summed E-state index contributed by atoms with van der Waals surface area (Å²) in [5.74, 6) is 1.61. The third kappa shape index (κ3) is 2.36. The van der Waals surface area contributed by atoms with Gasteiger partial charge in [0.05, 0.1) is 0 Å². The van der Waals surface area contributed by atoms with Crippen molar-refractivity contribution in [3.8, 4) is 0 Å². The van der Waals surface area contributed by atoms with E-state index in [1.165, 1.54) is 0 Å². The average Bonchev–Trinajstić information content (AvgIpc) is 3.06. The smallest absolute Gasteiger partial charge is 0.276 e. The summed E-state index contributed by atoms with van der Waals surface area (Å²) in [6.07, 6.45) is 5.19. The van der Waals surface area contributed by atoms with Crippen LogP contribution in [0.15, 0.2) is 4.52 Å². The lowest BCUT2D eigenvalue weighted by molar-refractivity contribution is 0.0781. The lowest BCUT2D eigenvalue weighted by atomic mass is 9.71. The van der Waals surface area contributed by atoms with Crippen LogP contribution in [-0.2, 0) is 12.8 Å². The van der Waals surface area contributed by atoms with Crippen LogP contribution in [0.25, 0.3) is 0 Å². The van der Waals surface area contributed by atoms with E-state index in [2.05, 4.69) is 25.9 Å². The minimum absolute atomic E-state index is 0.0714. The Balaban J connectivity index is 1.85. The van der Waals surface area contributed by atoms with Crippen LogP contribution in [0.2, 0.25) is 0 Å². The first-order valence-electron chi connectivity index (χ1n) is 7.73. The van der Waals surface area contributed by atoms with Gasteiger partial charge in [-0.25, -0.2) is 0 Å². The van der Waals surface area contributed by atoms with Crippen LogP contribution in [-0.4, -0.2) is 29.1 Å². The maximum Gasteiger partial charge on any atom is 0.276 e. The first kappa shape index (κ1) is 13.7. The highest BCUT2D eigenvalue weighted by atomic mass is 16.5. The van der Waals surface area contributed by atoms with Crippen molar-refractivity contribution in [1.29, 1.82) is 0 Å². The van der Waals surface area contributed by atoms with Gasteiger partial charge in [-0.1, -0.05) is 25.9 Å².